The molecule has 2 aromatic carbocycles. The Bertz CT molecular complexity index is 731. The van der Waals surface area contributed by atoms with Crippen LogP contribution < -0.4 is 0 Å². The molecule has 1 aromatic heterocycles. The second-order valence-electron chi connectivity index (χ2n) is 4.87. The number of H-pyrrole nitrogens is 1. The zero-order valence-corrected chi connectivity index (χ0v) is 10.9. The van der Waals surface area contributed by atoms with Crippen LogP contribution in [-0.4, -0.2) is 16.1 Å². The number of fused-ring (bicyclic) bond motifs is 1. The summed E-state index contributed by atoms with van der Waals surface area (Å²) in [4.78, 5) is 14.8. The maximum absolute atomic E-state index is 11.6. The first-order chi connectivity index (χ1) is 9.75. The van der Waals surface area contributed by atoms with Gasteiger partial charge in [-0.15, -0.1) is 0 Å². The molecule has 0 saturated heterocycles. The van der Waals surface area contributed by atoms with Gasteiger partial charge in [0.15, 0.2) is 0 Å². The van der Waals surface area contributed by atoms with Gasteiger partial charge < -0.3 is 10.1 Å². The molecule has 0 unspecified atom stereocenters. The molecule has 0 fully saturated rings. The van der Waals surface area contributed by atoms with E-state index in [9.17, 15) is 9.90 Å². The van der Waals surface area contributed by atoms with Gasteiger partial charge in [-0.1, -0.05) is 48.5 Å². The Kier molecular flexibility index (Phi) is 3.25. The van der Waals surface area contributed by atoms with E-state index in [4.69, 9.17) is 0 Å². The Morgan fingerprint density at radius 2 is 1.75 bits per heavy atom. The van der Waals surface area contributed by atoms with Gasteiger partial charge in [0.1, 0.15) is 0 Å². The summed E-state index contributed by atoms with van der Waals surface area (Å²) in [6, 6.07) is 17.5. The van der Waals surface area contributed by atoms with Gasteiger partial charge in [-0.3, -0.25) is 4.79 Å². The molecule has 0 amide bonds. The average Bonchev–Trinajstić information content (AvgIpc) is 2.89. The van der Waals surface area contributed by atoms with Crippen molar-refractivity contribution < 1.29 is 9.90 Å². The lowest BCUT2D eigenvalue weighted by Gasteiger charge is -2.11. The molecule has 0 aliphatic heterocycles. The number of hydrogen-bond donors (Lipinski definition) is 2. The van der Waals surface area contributed by atoms with Gasteiger partial charge in [-0.05, 0) is 23.6 Å². The molecular weight excluding hydrogens is 250 g/mol. The molecule has 3 heteroatoms. The van der Waals surface area contributed by atoms with Gasteiger partial charge in [-0.2, -0.15) is 0 Å². The van der Waals surface area contributed by atoms with E-state index >= 15 is 0 Å². The van der Waals surface area contributed by atoms with Crippen LogP contribution >= 0.6 is 0 Å². The van der Waals surface area contributed by atoms with E-state index in [0.29, 0.717) is 6.42 Å². The first-order valence-electron chi connectivity index (χ1n) is 6.58. The topological polar surface area (TPSA) is 53.1 Å². The van der Waals surface area contributed by atoms with E-state index in [-0.39, 0.29) is 0 Å². The minimum Gasteiger partial charge on any atom is -0.481 e. The predicted octanol–water partition coefficient (Wildman–Crippen LogP) is 3.58. The Labute approximate surface area is 116 Å². The van der Waals surface area contributed by atoms with Gasteiger partial charge in [-0.25, -0.2) is 0 Å². The third-order valence-corrected chi connectivity index (χ3v) is 3.58. The van der Waals surface area contributed by atoms with Crippen LogP contribution in [0.5, 0.6) is 0 Å². The smallest absolute Gasteiger partial charge is 0.311 e. The number of aliphatic carboxylic acids is 1. The fourth-order valence-electron chi connectivity index (χ4n) is 2.56. The summed E-state index contributed by atoms with van der Waals surface area (Å²) in [7, 11) is 0. The molecule has 1 atom stereocenters. The lowest BCUT2D eigenvalue weighted by Crippen LogP contribution is -2.14. The molecule has 3 nitrogen and oxygen atoms in total. The maximum Gasteiger partial charge on any atom is 0.311 e. The van der Waals surface area contributed by atoms with Crippen LogP contribution in [0.2, 0.25) is 0 Å². The molecule has 3 aromatic rings. The monoisotopic (exact) mass is 265 g/mol. The van der Waals surface area contributed by atoms with E-state index in [1.54, 1.807) is 0 Å². The maximum atomic E-state index is 11.6. The third kappa shape index (κ3) is 2.30. The SMILES string of the molecule is O=C(O)[C@H](Cc1ccccc1)c1c[nH]c2ccccc12. The van der Waals surface area contributed by atoms with Crippen molar-refractivity contribution in [1.29, 1.82) is 0 Å². The van der Waals surface area contributed by atoms with Crippen LogP contribution in [0.15, 0.2) is 60.8 Å². The van der Waals surface area contributed by atoms with E-state index in [2.05, 4.69) is 4.98 Å². The van der Waals surface area contributed by atoms with Crippen LogP contribution in [0, 0.1) is 0 Å². The quantitative estimate of drug-likeness (QED) is 0.757. The van der Waals surface area contributed by atoms with Crippen molar-refractivity contribution in [3.63, 3.8) is 0 Å². The standard InChI is InChI=1S/C17H15NO2/c19-17(20)14(10-12-6-2-1-3-7-12)15-11-18-16-9-5-4-8-13(15)16/h1-9,11,14,18H,10H2,(H,19,20)/t14-/m1/s1. The number of carbonyl (C=O) groups is 1. The highest BCUT2D eigenvalue weighted by molar-refractivity contribution is 5.89. The van der Waals surface area contributed by atoms with Gasteiger partial charge in [0, 0.05) is 17.1 Å². The van der Waals surface area contributed by atoms with Crippen molar-refractivity contribution in [2.75, 3.05) is 0 Å². The number of aromatic amines is 1. The Balaban J connectivity index is 2.01. The molecular formula is C17H15NO2. The summed E-state index contributed by atoms with van der Waals surface area (Å²) >= 11 is 0. The van der Waals surface area contributed by atoms with Gasteiger partial charge in [0.25, 0.3) is 0 Å². The molecule has 1 heterocycles. The third-order valence-electron chi connectivity index (χ3n) is 3.58. The summed E-state index contributed by atoms with van der Waals surface area (Å²) in [5.41, 5.74) is 2.85. The van der Waals surface area contributed by atoms with E-state index < -0.39 is 11.9 Å². The molecule has 0 radical (unpaired) electrons. The van der Waals surface area contributed by atoms with Crippen molar-refractivity contribution in [3.05, 3.63) is 71.9 Å². The number of para-hydroxylation sites is 1. The van der Waals surface area contributed by atoms with Crippen molar-refractivity contribution in [2.45, 2.75) is 12.3 Å². The van der Waals surface area contributed by atoms with Crippen LogP contribution in [-0.2, 0) is 11.2 Å². The minimum absolute atomic E-state index is 0.498. The molecule has 100 valence electrons. The Morgan fingerprint density at radius 3 is 2.50 bits per heavy atom. The van der Waals surface area contributed by atoms with Crippen LogP contribution in [0.25, 0.3) is 10.9 Å². The number of nitrogens with one attached hydrogen (secondary N) is 1. The van der Waals surface area contributed by atoms with Crippen molar-refractivity contribution in [3.8, 4) is 0 Å². The van der Waals surface area contributed by atoms with E-state index in [1.165, 1.54) is 0 Å². The lowest BCUT2D eigenvalue weighted by molar-refractivity contribution is -0.138. The fourth-order valence-corrected chi connectivity index (χ4v) is 2.56. The number of benzene rings is 2. The van der Waals surface area contributed by atoms with Gasteiger partial charge in [0.05, 0.1) is 5.92 Å². The van der Waals surface area contributed by atoms with E-state index in [1.807, 2.05) is 60.8 Å². The number of rotatable bonds is 4. The number of carboxylic acid groups (broad SMARTS) is 1. The molecule has 2 N–H and O–H groups in total. The second kappa shape index (κ2) is 5.21. The van der Waals surface area contributed by atoms with Crippen LogP contribution in [0.4, 0.5) is 0 Å². The second-order valence-corrected chi connectivity index (χ2v) is 4.87. The normalized spacial score (nSPS) is 12.4. The summed E-state index contributed by atoms with van der Waals surface area (Å²) in [5.74, 6) is -1.33. The molecule has 0 aliphatic carbocycles. The molecule has 0 aliphatic rings. The minimum atomic E-state index is -0.793. The van der Waals surface area contributed by atoms with Crippen molar-refractivity contribution >= 4 is 16.9 Å². The number of aromatic nitrogens is 1. The Hall–Kier alpha value is -2.55. The molecule has 0 saturated carbocycles. The molecule has 20 heavy (non-hydrogen) atoms. The van der Waals surface area contributed by atoms with Crippen molar-refractivity contribution in [2.24, 2.45) is 0 Å². The predicted molar refractivity (Wildman–Crippen MR) is 78.8 cm³/mol. The zero-order chi connectivity index (χ0) is 13.9. The summed E-state index contributed by atoms with van der Waals surface area (Å²) in [6.07, 6.45) is 2.31. The van der Waals surface area contributed by atoms with Crippen LogP contribution in [0.3, 0.4) is 0 Å². The first-order valence-corrected chi connectivity index (χ1v) is 6.58. The van der Waals surface area contributed by atoms with Gasteiger partial charge in [0.2, 0.25) is 0 Å². The number of carboxylic acids is 1. The molecule has 0 spiro atoms. The zero-order valence-electron chi connectivity index (χ0n) is 10.9. The van der Waals surface area contributed by atoms with Gasteiger partial charge >= 0.3 is 5.97 Å². The van der Waals surface area contributed by atoms with Crippen LogP contribution in [0.1, 0.15) is 17.0 Å². The number of hydrogen-bond acceptors (Lipinski definition) is 1. The largest absolute Gasteiger partial charge is 0.481 e. The highest BCUT2D eigenvalue weighted by Gasteiger charge is 2.23. The summed E-state index contributed by atoms with van der Waals surface area (Å²) in [5, 5.41) is 10.5. The summed E-state index contributed by atoms with van der Waals surface area (Å²) in [6.45, 7) is 0. The lowest BCUT2D eigenvalue weighted by atomic mass is 9.92. The Morgan fingerprint density at radius 1 is 1.05 bits per heavy atom. The fraction of sp³-hybridized carbons (Fsp3) is 0.118. The van der Waals surface area contributed by atoms with E-state index in [0.717, 1.165) is 22.0 Å². The first kappa shape index (κ1) is 12.5. The summed E-state index contributed by atoms with van der Waals surface area (Å²) < 4.78 is 0. The molecule has 0 bridgehead atoms. The van der Waals surface area contributed by atoms with Crippen molar-refractivity contribution in [1.82, 2.24) is 4.98 Å². The molecule has 3 rings (SSSR count). The highest BCUT2D eigenvalue weighted by atomic mass is 16.4. The highest BCUT2D eigenvalue weighted by Crippen LogP contribution is 2.28. The average molecular weight is 265 g/mol.